The van der Waals surface area contributed by atoms with E-state index in [4.69, 9.17) is 4.74 Å². The van der Waals surface area contributed by atoms with Gasteiger partial charge in [0.1, 0.15) is 0 Å². The SMILES string of the molecule is COc1cc(CNC(C)C2CCCC2)ccn1. The van der Waals surface area contributed by atoms with E-state index in [9.17, 15) is 0 Å². The van der Waals surface area contributed by atoms with Crippen LogP contribution in [0.3, 0.4) is 0 Å². The zero-order chi connectivity index (χ0) is 12.1. The van der Waals surface area contributed by atoms with Crippen molar-refractivity contribution in [2.24, 2.45) is 5.92 Å². The van der Waals surface area contributed by atoms with Gasteiger partial charge in [-0.1, -0.05) is 12.8 Å². The van der Waals surface area contributed by atoms with E-state index >= 15 is 0 Å². The number of ether oxygens (including phenoxy) is 1. The van der Waals surface area contributed by atoms with E-state index in [1.54, 1.807) is 13.3 Å². The molecule has 1 unspecified atom stereocenters. The van der Waals surface area contributed by atoms with Crippen LogP contribution in [0.2, 0.25) is 0 Å². The van der Waals surface area contributed by atoms with Gasteiger partial charge < -0.3 is 10.1 Å². The molecule has 1 fully saturated rings. The summed E-state index contributed by atoms with van der Waals surface area (Å²) >= 11 is 0. The van der Waals surface area contributed by atoms with Gasteiger partial charge in [-0.15, -0.1) is 0 Å². The molecule has 1 aromatic heterocycles. The Morgan fingerprint density at radius 2 is 2.24 bits per heavy atom. The highest BCUT2D eigenvalue weighted by molar-refractivity contribution is 5.20. The van der Waals surface area contributed by atoms with Crippen LogP contribution in [-0.2, 0) is 6.54 Å². The molecule has 94 valence electrons. The van der Waals surface area contributed by atoms with Gasteiger partial charge in [0.05, 0.1) is 7.11 Å². The van der Waals surface area contributed by atoms with Gasteiger partial charge in [-0.25, -0.2) is 4.98 Å². The number of aromatic nitrogens is 1. The number of pyridine rings is 1. The van der Waals surface area contributed by atoms with E-state index < -0.39 is 0 Å². The Balaban J connectivity index is 1.83. The predicted octanol–water partition coefficient (Wildman–Crippen LogP) is 2.76. The molecule has 1 saturated carbocycles. The Labute approximate surface area is 104 Å². The van der Waals surface area contributed by atoms with Crippen LogP contribution in [0.1, 0.15) is 38.2 Å². The van der Waals surface area contributed by atoms with Crippen molar-refractivity contribution in [1.82, 2.24) is 10.3 Å². The molecular formula is C14H22N2O. The number of nitrogens with one attached hydrogen (secondary N) is 1. The minimum Gasteiger partial charge on any atom is -0.481 e. The number of hydrogen-bond donors (Lipinski definition) is 1. The fourth-order valence-electron chi connectivity index (χ4n) is 2.57. The summed E-state index contributed by atoms with van der Waals surface area (Å²) in [4.78, 5) is 4.11. The van der Waals surface area contributed by atoms with Gasteiger partial charge in [0.25, 0.3) is 0 Å². The summed E-state index contributed by atoms with van der Waals surface area (Å²) in [6, 6.07) is 4.64. The Bertz CT molecular complexity index is 348. The van der Waals surface area contributed by atoms with Crippen molar-refractivity contribution < 1.29 is 4.74 Å². The van der Waals surface area contributed by atoms with Gasteiger partial charge in [-0.3, -0.25) is 0 Å². The second-order valence-electron chi connectivity index (χ2n) is 4.92. The first kappa shape index (κ1) is 12.4. The van der Waals surface area contributed by atoms with Crippen LogP contribution in [0.5, 0.6) is 5.88 Å². The molecule has 1 aliphatic carbocycles. The highest BCUT2D eigenvalue weighted by atomic mass is 16.5. The first-order chi connectivity index (χ1) is 8.29. The first-order valence-electron chi connectivity index (χ1n) is 6.52. The zero-order valence-electron chi connectivity index (χ0n) is 10.8. The molecule has 3 heteroatoms. The van der Waals surface area contributed by atoms with Crippen molar-refractivity contribution in [3.8, 4) is 5.88 Å². The lowest BCUT2D eigenvalue weighted by Crippen LogP contribution is -2.31. The van der Waals surface area contributed by atoms with Crippen molar-refractivity contribution in [2.75, 3.05) is 7.11 Å². The number of hydrogen-bond acceptors (Lipinski definition) is 3. The van der Waals surface area contributed by atoms with Crippen LogP contribution in [0.4, 0.5) is 0 Å². The maximum absolute atomic E-state index is 5.12. The smallest absolute Gasteiger partial charge is 0.213 e. The maximum Gasteiger partial charge on any atom is 0.213 e. The van der Waals surface area contributed by atoms with Crippen molar-refractivity contribution in [1.29, 1.82) is 0 Å². The van der Waals surface area contributed by atoms with Gasteiger partial charge in [0.2, 0.25) is 5.88 Å². The molecule has 3 nitrogen and oxygen atoms in total. The molecule has 0 spiro atoms. The van der Waals surface area contributed by atoms with Crippen molar-refractivity contribution in [2.45, 2.75) is 45.2 Å². The molecular weight excluding hydrogens is 212 g/mol. The van der Waals surface area contributed by atoms with Crippen molar-refractivity contribution >= 4 is 0 Å². The van der Waals surface area contributed by atoms with Gasteiger partial charge in [-0.05, 0) is 37.3 Å². The average molecular weight is 234 g/mol. The quantitative estimate of drug-likeness (QED) is 0.850. The predicted molar refractivity (Wildman–Crippen MR) is 69.0 cm³/mol. The summed E-state index contributed by atoms with van der Waals surface area (Å²) in [7, 11) is 1.65. The first-order valence-corrected chi connectivity index (χ1v) is 6.52. The van der Waals surface area contributed by atoms with E-state index in [1.165, 1.54) is 31.2 Å². The number of rotatable bonds is 5. The average Bonchev–Trinajstić information content (AvgIpc) is 2.90. The topological polar surface area (TPSA) is 34.1 Å². The van der Waals surface area contributed by atoms with Crippen LogP contribution >= 0.6 is 0 Å². The van der Waals surface area contributed by atoms with Crippen LogP contribution in [0, 0.1) is 5.92 Å². The van der Waals surface area contributed by atoms with Crippen LogP contribution in [-0.4, -0.2) is 18.1 Å². The molecule has 1 atom stereocenters. The molecule has 2 rings (SSSR count). The molecule has 0 amide bonds. The van der Waals surface area contributed by atoms with Crippen molar-refractivity contribution in [3.63, 3.8) is 0 Å². The monoisotopic (exact) mass is 234 g/mol. The van der Waals surface area contributed by atoms with E-state index in [0.29, 0.717) is 11.9 Å². The minimum absolute atomic E-state index is 0.608. The maximum atomic E-state index is 5.12. The lowest BCUT2D eigenvalue weighted by molar-refractivity contribution is 0.378. The molecule has 17 heavy (non-hydrogen) atoms. The molecule has 0 aliphatic heterocycles. The summed E-state index contributed by atoms with van der Waals surface area (Å²) in [6.07, 6.45) is 7.37. The molecule has 0 saturated heterocycles. The Kier molecular flexibility index (Phi) is 4.37. The molecule has 1 aromatic rings. The summed E-state index contributed by atoms with van der Waals surface area (Å²) in [5.74, 6) is 1.55. The number of methoxy groups -OCH3 is 1. The highest BCUT2D eigenvalue weighted by Gasteiger charge is 2.20. The molecule has 0 bridgehead atoms. The normalized spacial score (nSPS) is 18.2. The standard InChI is InChI=1S/C14H22N2O/c1-11(13-5-3-4-6-13)16-10-12-7-8-15-14(9-12)17-2/h7-9,11,13,16H,3-6,10H2,1-2H3. The van der Waals surface area contributed by atoms with Gasteiger partial charge in [0.15, 0.2) is 0 Å². The largest absolute Gasteiger partial charge is 0.481 e. The third-order valence-corrected chi connectivity index (χ3v) is 3.74. The van der Waals surface area contributed by atoms with Crippen LogP contribution < -0.4 is 10.1 Å². The van der Waals surface area contributed by atoms with Gasteiger partial charge >= 0.3 is 0 Å². The summed E-state index contributed by atoms with van der Waals surface area (Å²) < 4.78 is 5.12. The Morgan fingerprint density at radius 1 is 1.47 bits per heavy atom. The van der Waals surface area contributed by atoms with E-state index in [2.05, 4.69) is 17.2 Å². The molecule has 0 aromatic carbocycles. The summed E-state index contributed by atoms with van der Waals surface area (Å²) in [5, 5.41) is 3.61. The van der Waals surface area contributed by atoms with Crippen LogP contribution in [0.15, 0.2) is 18.3 Å². The third kappa shape index (κ3) is 3.43. The highest BCUT2D eigenvalue weighted by Crippen LogP contribution is 2.27. The fraction of sp³-hybridized carbons (Fsp3) is 0.643. The van der Waals surface area contributed by atoms with Crippen LogP contribution in [0.25, 0.3) is 0 Å². The van der Waals surface area contributed by atoms with Gasteiger partial charge in [-0.2, -0.15) is 0 Å². The molecule has 1 heterocycles. The Hall–Kier alpha value is -1.09. The lowest BCUT2D eigenvalue weighted by Gasteiger charge is -2.20. The second kappa shape index (κ2) is 6.01. The second-order valence-corrected chi connectivity index (χ2v) is 4.92. The minimum atomic E-state index is 0.608. The molecule has 1 N–H and O–H groups in total. The third-order valence-electron chi connectivity index (χ3n) is 3.74. The van der Waals surface area contributed by atoms with E-state index in [-0.39, 0.29) is 0 Å². The van der Waals surface area contributed by atoms with Crippen molar-refractivity contribution in [3.05, 3.63) is 23.9 Å². The summed E-state index contributed by atoms with van der Waals surface area (Å²) in [5.41, 5.74) is 1.24. The fourth-order valence-corrected chi connectivity index (χ4v) is 2.57. The lowest BCUT2D eigenvalue weighted by atomic mass is 10.00. The van der Waals surface area contributed by atoms with E-state index in [1.807, 2.05) is 12.1 Å². The molecule has 1 aliphatic rings. The zero-order valence-corrected chi connectivity index (χ0v) is 10.8. The molecule has 0 radical (unpaired) electrons. The van der Waals surface area contributed by atoms with Gasteiger partial charge in [0, 0.05) is 24.8 Å². The number of nitrogens with zero attached hydrogens (tertiary/aromatic N) is 1. The van der Waals surface area contributed by atoms with E-state index in [0.717, 1.165) is 12.5 Å². The summed E-state index contributed by atoms with van der Waals surface area (Å²) in [6.45, 7) is 3.20. The Morgan fingerprint density at radius 3 is 2.94 bits per heavy atom.